The number of benzene rings is 1. The Morgan fingerprint density at radius 2 is 2.10 bits per heavy atom. The maximum atomic E-state index is 12.8. The number of hydrogen-bond acceptors (Lipinski definition) is 5. The van der Waals surface area contributed by atoms with Crippen LogP contribution in [0.25, 0.3) is 0 Å². The third-order valence-electron chi connectivity index (χ3n) is 2.30. The van der Waals surface area contributed by atoms with Crippen LogP contribution in [0.5, 0.6) is 0 Å². The molecule has 3 N–H and O–H groups in total. The number of hydrogen-bond donors (Lipinski definition) is 2. The second kappa shape index (κ2) is 5.41. The van der Waals surface area contributed by atoms with Gasteiger partial charge in [0.05, 0.1) is 5.56 Å². The summed E-state index contributed by atoms with van der Waals surface area (Å²) in [6, 6.07) is 3.50. The molecular formula is C11H9F3N4S2. The number of aryl methyl sites for hydroxylation is 1. The molecule has 0 aliphatic carbocycles. The second-order valence-electron chi connectivity index (χ2n) is 3.83. The summed E-state index contributed by atoms with van der Waals surface area (Å²) in [5.41, 5.74) is 3.98. The van der Waals surface area contributed by atoms with Crippen molar-refractivity contribution in [2.24, 2.45) is 5.73 Å². The first kappa shape index (κ1) is 14.8. The van der Waals surface area contributed by atoms with Crippen LogP contribution in [0, 0.1) is 12.3 Å². The van der Waals surface area contributed by atoms with Crippen LogP contribution in [0.3, 0.4) is 0 Å². The molecule has 4 nitrogen and oxygen atoms in total. The van der Waals surface area contributed by atoms with Crippen LogP contribution in [-0.4, -0.2) is 15.2 Å². The molecule has 1 aromatic heterocycles. The summed E-state index contributed by atoms with van der Waals surface area (Å²) in [6.45, 7) is 1.73. The third-order valence-corrected chi connectivity index (χ3v) is 4.13. The van der Waals surface area contributed by atoms with Gasteiger partial charge in [-0.25, -0.2) is 4.98 Å². The number of aromatic nitrogens is 2. The first-order chi connectivity index (χ1) is 9.27. The molecule has 0 saturated carbocycles. The number of amidine groups is 1. The molecule has 2 rings (SSSR count). The summed E-state index contributed by atoms with van der Waals surface area (Å²) >= 11 is 2.35. The first-order valence-corrected chi connectivity index (χ1v) is 6.90. The van der Waals surface area contributed by atoms with E-state index in [4.69, 9.17) is 11.1 Å². The molecule has 0 unspecified atom stereocenters. The average molecular weight is 318 g/mol. The highest BCUT2D eigenvalue weighted by atomic mass is 32.2. The number of alkyl halides is 3. The zero-order chi connectivity index (χ0) is 14.9. The van der Waals surface area contributed by atoms with E-state index in [0.29, 0.717) is 15.1 Å². The fraction of sp³-hybridized carbons (Fsp3) is 0.182. The van der Waals surface area contributed by atoms with Gasteiger partial charge in [-0.05, 0) is 36.7 Å². The normalized spacial score (nSPS) is 11.6. The van der Waals surface area contributed by atoms with Crippen LogP contribution >= 0.6 is 23.3 Å². The minimum atomic E-state index is -4.54. The van der Waals surface area contributed by atoms with Crippen molar-refractivity contribution in [3.05, 3.63) is 35.2 Å². The monoisotopic (exact) mass is 318 g/mol. The Hall–Kier alpha value is -1.61. The van der Waals surface area contributed by atoms with Crippen LogP contribution in [0.2, 0.25) is 0 Å². The molecular weight excluding hydrogens is 309 g/mol. The van der Waals surface area contributed by atoms with Gasteiger partial charge in [-0.15, -0.1) is 0 Å². The van der Waals surface area contributed by atoms with Crippen molar-refractivity contribution >= 4 is 29.1 Å². The van der Waals surface area contributed by atoms with E-state index in [2.05, 4.69) is 9.36 Å². The average Bonchev–Trinajstić information content (AvgIpc) is 2.73. The smallest absolute Gasteiger partial charge is 0.384 e. The SMILES string of the molecule is Cc1nsc(Sc2ccc(C(F)(F)F)c(C(=N)N)c2)n1. The van der Waals surface area contributed by atoms with Gasteiger partial charge >= 0.3 is 6.18 Å². The van der Waals surface area contributed by atoms with E-state index in [-0.39, 0.29) is 5.56 Å². The van der Waals surface area contributed by atoms with Gasteiger partial charge in [0.2, 0.25) is 0 Å². The maximum Gasteiger partial charge on any atom is 0.417 e. The van der Waals surface area contributed by atoms with Crippen molar-refractivity contribution in [3.8, 4) is 0 Å². The van der Waals surface area contributed by atoms with Crippen LogP contribution in [0.1, 0.15) is 17.0 Å². The third kappa shape index (κ3) is 3.28. The maximum absolute atomic E-state index is 12.8. The lowest BCUT2D eigenvalue weighted by Crippen LogP contribution is -2.18. The number of rotatable bonds is 3. The molecule has 1 heterocycles. The standard InChI is InChI=1S/C11H9F3N4S2/c1-5-17-10(20-18-5)19-6-2-3-8(11(12,13)14)7(4-6)9(15)16/h2-4H,1H3,(H3,15,16). The minimum Gasteiger partial charge on any atom is -0.384 e. The molecule has 0 fully saturated rings. The van der Waals surface area contributed by atoms with E-state index >= 15 is 0 Å². The Balaban J connectivity index is 2.38. The predicted octanol–water partition coefficient (Wildman–Crippen LogP) is 3.30. The number of nitrogens with one attached hydrogen (secondary N) is 1. The van der Waals surface area contributed by atoms with Crippen LogP contribution in [0.4, 0.5) is 13.2 Å². The quantitative estimate of drug-likeness (QED) is 0.672. The van der Waals surface area contributed by atoms with E-state index in [9.17, 15) is 13.2 Å². The molecule has 2 aromatic rings. The Bertz CT molecular complexity index is 651. The lowest BCUT2D eigenvalue weighted by atomic mass is 10.1. The summed E-state index contributed by atoms with van der Waals surface area (Å²) in [4.78, 5) is 4.64. The summed E-state index contributed by atoms with van der Waals surface area (Å²) in [5.74, 6) is -0.00979. The van der Waals surface area contributed by atoms with Gasteiger partial charge in [0, 0.05) is 10.5 Å². The van der Waals surface area contributed by atoms with Crippen molar-refractivity contribution in [1.29, 1.82) is 5.41 Å². The van der Waals surface area contributed by atoms with Gasteiger partial charge in [-0.1, -0.05) is 11.8 Å². The fourth-order valence-corrected chi connectivity index (χ4v) is 3.14. The molecule has 0 spiro atoms. The van der Waals surface area contributed by atoms with Gasteiger partial charge in [0.1, 0.15) is 11.7 Å². The molecule has 0 aliphatic heterocycles. The number of halogens is 3. The molecule has 0 atom stereocenters. The molecule has 0 radical (unpaired) electrons. The van der Waals surface area contributed by atoms with Crippen LogP contribution in [0.15, 0.2) is 27.4 Å². The zero-order valence-corrected chi connectivity index (χ0v) is 11.8. The minimum absolute atomic E-state index is 0.330. The molecule has 0 bridgehead atoms. The number of nitrogens with zero attached hydrogens (tertiary/aromatic N) is 2. The largest absolute Gasteiger partial charge is 0.417 e. The molecule has 0 aliphatic rings. The van der Waals surface area contributed by atoms with E-state index in [1.807, 2.05) is 0 Å². The van der Waals surface area contributed by atoms with E-state index in [1.165, 1.54) is 23.9 Å². The van der Waals surface area contributed by atoms with Gasteiger partial charge < -0.3 is 5.73 Å². The van der Waals surface area contributed by atoms with Gasteiger partial charge in [-0.3, -0.25) is 5.41 Å². The van der Waals surface area contributed by atoms with Crippen molar-refractivity contribution in [2.75, 3.05) is 0 Å². The summed E-state index contributed by atoms with van der Waals surface area (Å²) in [7, 11) is 0. The Kier molecular flexibility index (Phi) is 4.00. The highest BCUT2D eigenvalue weighted by Gasteiger charge is 2.34. The Morgan fingerprint density at radius 1 is 1.40 bits per heavy atom. The molecule has 9 heteroatoms. The summed E-state index contributed by atoms with van der Waals surface area (Å²) < 4.78 is 43.0. The molecule has 20 heavy (non-hydrogen) atoms. The van der Waals surface area contributed by atoms with Crippen molar-refractivity contribution in [3.63, 3.8) is 0 Å². The molecule has 1 aromatic carbocycles. The van der Waals surface area contributed by atoms with Crippen molar-refractivity contribution in [1.82, 2.24) is 9.36 Å². The van der Waals surface area contributed by atoms with Gasteiger partial charge in [-0.2, -0.15) is 17.5 Å². The second-order valence-corrected chi connectivity index (χ2v) is 5.90. The van der Waals surface area contributed by atoms with E-state index < -0.39 is 17.6 Å². The topological polar surface area (TPSA) is 75.7 Å². The Morgan fingerprint density at radius 3 is 2.60 bits per heavy atom. The van der Waals surface area contributed by atoms with Gasteiger partial charge in [0.15, 0.2) is 4.34 Å². The lowest BCUT2D eigenvalue weighted by molar-refractivity contribution is -0.137. The highest BCUT2D eigenvalue weighted by Crippen LogP contribution is 2.36. The highest BCUT2D eigenvalue weighted by molar-refractivity contribution is 8.01. The molecule has 0 saturated heterocycles. The number of nitrogen functional groups attached to an aromatic ring is 1. The molecule has 0 amide bonds. The van der Waals surface area contributed by atoms with E-state index in [0.717, 1.165) is 17.6 Å². The van der Waals surface area contributed by atoms with Crippen LogP contribution in [-0.2, 0) is 6.18 Å². The molecule has 106 valence electrons. The zero-order valence-electron chi connectivity index (χ0n) is 10.2. The van der Waals surface area contributed by atoms with Crippen molar-refractivity contribution < 1.29 is 13.2 Å². The van der Waals surface area contributed by atoms with Crippen LogP contribution < -0.4 is 5.73 Å². The van der Waals surface area contributed by atoms with Crippen molar-refractivity contribution in [2.45, 2.75) is 22.3 Å². The summed E-state index contributed by atoms with van der Waals surface area (Å²) in [6.07, 6.45) is -4.54. The van der Waals surface area contributed by atoms with Gasteiger partial charge in [0.25, 0.3) is 0 Å². The first-order valence-electron chi connectivity index (χ1n) is 5.31. The number of nitrogens with two attached hydrogens (primary N) is 1. The lowest BCUT2D eigenvalue weighted by Gasteiger charge is -2.12. The Labute approximate surface area is 120 Å². The fourth-order valence-electron chi connectivity index (χ4n) is 1.48. The summed E-state index contributed by atoms with van der Waals surface area (Å²) in [5, 5.41) is 7.28. The van der Waals surface area contributed by atoms with E-state index in [1.54, 1.807) is 6.92 Å². The predicted molar refractivity (Wildman–Crippen MR) is 71.2 cm³/mol.